The molecule has 0 amide bonds. The van der Waals surface area contributed by atoms with E-state index in [-0.39, 0.29) is 0 Å². The first-order valence-corrected chi connectivity index (χ1v) is 25.2. The number of hydrogen-bond donors (Lipinski definition) is 0. The molecule has 0 fully saturated rings. The van der Waals surface area contributed by atoms with Crippen LogP contribution in [0.15, 0.2) is 267 Å². The van der Waals surface area contributed by atoms with E-state index in [1.165, 1.54) is 54.9 Å². The van der Waals surface area contributed by atoms with Gasteiger partial charge in [0.1, 0.15) is 0 Å². The average molecular weight is 945 g/mol. The second-order valence-electron chi connectivity index (χ2n) is 19.2. The van der Waals surface area contributed by atoms with Gasteiger partial charge < -0.3 is 19.3 Å². The molecule has 0 saturated carbocycles. The van der Waals surface area contributed by atoms with Crippen molar-refractivity contribution in [2.75, 3.05) is 9.80 Å². The molecule has 0 N–H and O–H groups in total. The number of anilines is 6. The van der Waals surface area contributed by atoms with E-state index >= 15 is 0 Å². The van der Waals surface area contributed by atoms with Crippen LogP contribution in [-0.4, -0.2) is 0 Å². The van der Waals surface area contributed by atoms with Crippen LogP contribution in [0.4, 0.5) is 34.1 Å². The lowest BCUT2D eigenvalue weighted by Gasteiger charge is -2.33. The fourth-order valence-electron chi connectivity index (χ4n) is 11.7. The molecular weight excluding hydrogens is 901 g/mol. The normalized spacial score (nSPS) is 12.5. The summed E-state index contributed by atoms with van der Waals surface area (Å²) in [5, 5.41) is 9.55. The molecule has 0 saturated heterocycles. The largest absolute Gasteiger partial charge is 0.453 e. The fourth-order valence-corrected chi connectivity index (χ4v) is 11.7. The third kappa shape index (κ3) is 6.69. The van der Waals surface area contributed by atoms with E-state index in [0.29, 0.717) is 0 Å². The molecule has 0 spiro atoms. The number of benzene rings is 13. The molecule has 346 valence electrons. The van der Waals surface area contributed by atoms with Crippen LogP contribution >= 0.6 is 0 Å². The SMILES string of the molecule is c1ccc2c(c1)Oc1ccccc1N2c1ccc2c(-c3ccc(-c4cccc5ccccc45)cc3)c3cc(N4c5ccccc5Oc5ccccc54)ccc3c(-c3ccc(-c4cccc5ccccc45)cc3)c2c1. The predicted octanol–water partition coefficient (Wildman–Crippen LogP) is 20.1. The summed E-state index contributed by atoms with van der Waals surface area (Å²) in [5.41, 5.74) is 15.5. The summed E-state index contributed by atoms with van der Waals surface area (Å²) in [6.45, 7) is 0. The first kappa shape index (κ1) is 41.8. The first-order valence-electron chi connectivity index (χ1n) is 25.2. The van der Waals surface area contributed by atoms with Crippen molar-refractivity contribution in [1.29, 1.82) is 0 Å². The Kier molecular flexibility index (Phi) is 9.54. The van der Waals surface area contributed by atoms with Gasteiger partial charge in [0, 0.05) is 11.4 Å². The molecule has 0 unspecified atom stereocenters. The van der Waals surface area contributed by atoms with Gasteiger partial charge in [-0.3, -0.25) is 0 Å². The second-order valence-corrected chi connectivity index (χ2v) is 19.2. The first-order chi connectivity index (χ1) is 36.7. The maximum atomic E-state index is 6.54. The summed E-state index contributed by atoms with van der Waals surface area (Å²) in [6, 6.07) is 96.3. The molecular formula is C70H44N2O2. The standard InChI is InChI=1S/C70H44N2O2/c1-3-19-53-45(15-1)17-13-21-55(53)47-31-35-49(36-32-47)69-57-41-39-52(72-63-25-7-11-29-67(63)74-68-30-12-8-26-64(68)72)44-60(57)70(50-37-33-48(34-38-50)56-22-14-18-46-16-2-4-20-54(46)56)58-42-40-51(43-59(58)69)71-61-23-5-9-27-65(61)73-66-28-10-6-24-62(66)71/h1-44H. The molecule has 4 heteroatoms. The molecule has 4 nitrogen and oxygen atoms in total. The minimum atomic E-state index is 0.819. The van der Waals surface area contributed by atoms with Crippen LogP contribution in [0, 0.1) is 0 Å². The smallest absolute Gasteiger partial charge is 0.151 e. The van der Waals surface area contributed by atoms with Crippen molar-refractivity contribution in [3.63, 3.8) is 0 Å². The molecule has 2 aliphatic rings. The van der Waals surface area contributed by atoms with Crippen molar-refractivity contribution in [1.82, 2.24) is 0 Å². The van der Waals surface area contributed by atoms with Crippen LogP contribution in [0.25, 0.3) is 87.6 Å². The van der Waals surface area contributed by atoms with E-state index in [1.54, 1.807) is 0 Å². The van der Waals surface area contributed by atoms with Gasteiger partial charge >= 0.3 is 0 Å². The van der Waals surface area contributed by atoms with E-state index < -0.39 is 0 Å². The van der Waals surface area contributed by atoms with E-state index in [4.69, 9.17) is 9.47 Å². The van der Waals surface area contributed by atoms with Crippen molar-refractivity contribution in [2.45, 2.75) is 0 Å². The number of ether oxygens (including phenoxy) is 2. The van der Waals surface area contributed by atoms with Crippen LogP contribution in [-0.2, 0) is 0 Å². The number of fused-ring (bicyclic) bond motifs is 8. The van der Waals surface area contributed by atoms with Crippen LogP contribution in [0.1, 0.15) is 0 Å². The fraction of sp³-hybridized carbons (Fsp3) is 0. The van der Waals surface area contributed by atoms with Crippen molar-refractivity contribution in [3.8, 4) is 67.5 Å². The van der Waals surface area contributed by atoms with Crippen LogP contribution in [0.5, 0.6) is 23.0 Å². The molecule has 0 bridgehead atoms. The highest BCUT2D eigenvalue weighted by Crippen LogP contribution is 2.55. The molecule has 15 rings (SSSR count). The van der Waals surface area contributed by atoms with Crippen molar-refractivity contribution in [3.05, 3.63) is 267 Å². The minimum absolute atomic E-state index is 0.819. The average Bonchev–Trinajstić information content (AvgIpc) is 3.47. The molecule has 0 aromatic heterocycles. The van der Waals surface area contributed by atoms with E-state index in [2.05, 4.69) is 252 Å². The lowest BCUT2D eigenvalue weighted by atomic mass is 9.84. The number of nitrogens with zero attached hydrogens (tertiary/aromatic N) is 2. The molecule has 13 aromatic carbocycles. The van der Waals surface area contributed by atoms with E-state index in [0.717, 1.165) is 89.8 Å². The number of hydrogen-bond acceptors (Lipinski definition) is 4. The minimum Gasteiger partial charge on any atom is -0.453 e. The Labute approximate surface area is 428 Å². The molecule has 13 aromatic rings. The monoisotopic (exact) mass is 944 g/mol. The van der Waals surface area contributed by atoms with Gasteiger partial charge in [-0.2, -0.15) is 0 Å². The summed E-state index contributed by atoms with van der Waals surface area (Å²) in [4.78, 5) is 4.69. The Bertz CT molecular complexity index is 4000. The van der Waals surface area contributed by atoms with Crippen LogP contribution in [0.2, 0.25) is 0 Å². The maximum absolute atomic E-state index is 6.54. The molecule has 2 aliphatic heterocycles. The van der Waals surface area contributed by atoms with Gasteiger partial charge in [-0.25, -0.2) is 0 Å². The van der Waals surface area contributed by atoms with Crippen LogP contribution < -0.4 is 19.3 Å². The topological polar surface area (TPSA) is 24.9 Å². The lowest BCUT2D eigenvalue weighted by molar-refractivity contribution is 0.477. The van der Waals surface area contributed by atoms with Gasteiger partial charge in [0.2, 0.25) is 0 Å². The Morgan fingerprint density at radius 2 is 0.554 bits per heavy atom. The van der Waals surface area contributed by atoms with Gasteiger partial charge in [0.25, 0.3) is 0 Å². The number of para-hydroxylation sites is 8. The summed E-state index contributed by atoms with van der Waals surface area (Å²) in [5.74, 6) is 3.28. The zero-order chi connectivity index (χ0) is 48.7. The molecule has 0 radical (unpaired) electrons. The van der Waals surface area contributed by atoms with E-state index in [9.17, 15) is 0 Å². The maximum Gasteiger partial charge on any atom is 0.151 e. The van der Waals surface area contributed by atoms with Gasteiger partial charge in [-0.15, -0.1) is 0 Å². The summed E-state index contributed by atoms with van der Waals surface area (Å²) in [6.07, 6.45) is 0. The summed E-state index contributed by atoms with van der Waals surface area (Å²) in [7, 11) is 0. The van der Waals surface area contributed by atoms with Gasteiger partial charge in [-0.1, -0.05) is 194 Å². The molecule has 0 aliphatic carbocycles. The Balaban J connectivity index is 1.01. The van der Waals surface area contributed by atoms with Crippen LogP contribution in [0.3, 0.4) is 0 Å². The summed E-state index contributed by atoms with van der Waals surface area (Å²) >= 11 is 0. The molecule has 2 heterocycles. The summed E-state index contributed by atoms with van der Waals surface area (Å²) < 4.78 is 13.1. The highest BCUT2D eigenvalue weighted by atomic mass is 16.5. The van der Waals surface area contributed by atoms with Crippen molar-refractivity contribution < 1.29 is 9.47 Å². The highest BCUT2D eigenvalue weighted by molar-refractivity contribution is 6.23. The predicted molar refractivity (Wildman–Crippen MR) is 308 cm³/mol. The van der Waals surface area contributed by atoms with Gasteiger partial charge in [0.05, 0.1) is 22.7 Å². The third-order valence-corrected chi connectivity index (χ3v) is 15.0. The molecule has 0 atom stereocenters. The quantitative estimate of drug-likeness (QED) is 0.155. The third-order valence-electron chi connectivity index (χ3n) is 15.0. The van der Waals surface area contributed by atoms with Crippen molar-refractivity contribution >= 4 is 77.2 Å². The lowest BCUT2D eigenvalue weighted by Crippen LogP contribution is -2.15. The van der Waals surface area contributed by atoms with Gasteiger partial charge in [-0.05, 0) is 160 Å². The van der Waals surface area contributed by atoms with Crippen molar-refractivity contribution in [2.24, 2.45) is 0 Å². The van der Waals surface area contributed by atoms with Gasteiger partial charge in [0.15, 0.2) is 23.0 Å². The highest BCUT2D eigenvalue weighted by Gasteiger charge is 2.29. The Morgan fingerprint density at radius 1 is 0.230 bits per heavy atom. The zero-order valence-electron chi connectivity index (χ0n) is 40.1. The zero-order valence-corrected chi connectivity index (χ0v) is 40.1. The van der Waals surface area contributed by atoms with E-state index in [1.807, 2.05) is 24.3 Å². The Hall–Kier alpha value is -9.90. The molecule has 74 heavy (non-hydrogen) atoms. The number of rotatable bonds is 6. The second kappa shape index (κ2) is 16.9. The Morgan fingerprint density at radius 3 is 0.946 bits per heavy atom.